The van der Waals surface area contributed by atoms with Crippen LogP contribution in [0.4, 0.5) is 5.69 Å². The van der Waals surface area contributed by atoms with Crippen molar-refractivity contribution in [2.45, 2.75) is 18.7 Å². The van der Waals surface area contributed by atoms with E-state index in [1.54, 1.807) is 44.2 Å². The number of anilines is 1. The molecule has 0 bridgehead atoms. The minimum absolute atomic E-state index is 0.0947. The van der Waals surface area contributed by atoms with Gasteiger partial charge in [-0.1, -0.05) is 18.2 Å². The van der Waals surface area contributed by atoms with Gasteiger partial charge in [-0.25, -0.2) is 8.42 Å². The predicted octanol–water partition coefficient (Wildman–Crippen LogP) is 3.57. The Morgan fingerprint density at radius 2 is 1.75 bits per heavy atom. The molecule has 0 radical (unpaired) electrons. The Labute approximate surface area is 126 Å². The third kappa shape index (κ3) is 2.81. The molecule has 2 N–H and O–H groups in total. The molecule has 0 amide bonds. The van der Waals surface area contributed by atoms with Gasteiger partial charge >= 0.3 is 0 Å². The van der Waals surface area contributed by atoms with Crippen LogP contribution < -0.4 is 4.72 Å². The molecule has 0 aromatic heterocycles. The molecule has 0 spiro atoms. The van der Waals surface area contributed by atoms with Crippen molar-refractivity contribution in [1.82, 2.24) is 0 Å². The second kappa shape index (κ2) is 5.46. The van der Waals surface area contributed by atoms with E-state index in [2.05, 4.69) is 20.7 Å². The van der Waals surface area contributed by atoms with Crippen molar-refractivity contribution in [3.63, 3.8) is 0 Å². The molecule has 0 aliphatic rings. The van der Waals surface area contributed by atoms with Crippen LogP contribution in [0.2, 0.25) is 0 Å². The summed E-state index contributed by atoms with van der Waals surface area (Å²) in [5.41, 5.74) is 1.57. The fourth-order valence-electron chi connectivity index (χ4n) is 1.81. The summed E-state index contributed by atoms with van der Waals surface area (Å²) in [6.45, 7) is 3.43. The highest BCUT2D eigenvalue weighted by molar-refractivity contribution is 9.10. The zero-order chi connectivity index (χ0) is 14.9. The molecule has 6 heteroatoms. The number of sulfonamides is 1. The van der Waals surface area contributed by atoms with E-state index in [0.717, 1.165) is 0 Å². The molecule has 0 aliphatic heterocycles. The molecule has 2 aromatic carbocycles. The summed E-state index contributed by atoms with van der Waals surface area (Å²) in [5.74, 6) is 0.0947. The molecule has 2 aromatic rings. The number of benzene rings is 2. The molecule has 0 saturated carbocycles. The Hall–Kier alpha value is -1.53. The van der Waals surface area contributed by atoms with Crippen molar-refractivity contribution in [3.05, 3.63) is 52.0 Å². The van der Waals surface area contributed by atoms with Gasteiger partial charge in [-0.2, -0.15) is 0 Å². The highest BCUT2D eigenvalue weighted by atomic mass is 79.9. The third-order valence-electron chi connectivity index (χ3n) is 3.00. The normalized spacial score (nSPS) is 11.3. The molecule has 0 unspecified atom stereocenters. The maximum absolute atomic E-state index is 12.3. The van der Waals surface area contributed by atoms with Crippen LogP contribution in [0.1, 0.15) is 11.1 Å². The number of hydrogen-bond donors (Lipinski definition) is 2. The van der Waals surface area contributed by atoms with Crippen molar-refractivity contribution >= 4 is 31.6 Å². The lowest BCUT2D eigenvalue weighted by Crippen LogP contribution is -2.14. The van der Waals surface area contributed by atoms with Crippen molar-refractivity contribution in [2.75, 3.05) is 4.72 Å². The van der Waals surface area contributed by atoms with Crippen molar-refractivity contribution in [2.24, 2.45) is 0 Å². The van der Waals surface area contributed by atoms with Gasteiger partial charge in [-0.3, -0.25) is 4.72 Å². The van der Waals surface area contributed by atoms with Crippen LogP contribution in [0.15, 0.2) is 45.8 Å². The van der Waals surface area contributed by atoms with Crippen LogP contribution in [0.25, 0.3) is 0 Å². The number of rotatable bonds is 3. The predicted molar refractivity (Wildman–Crippen MR) is 82.5 cm³/mol. The van der Waals surface area contributed by atoms with E-state index in [4.69, 9.17) is 0 Å². The maximum atomic E-state index is 12.3. The van der Waals surface area contributed by atoms with E-state index in [1.165, 1.54) is 6.07 Å². The number of nitrogens with one attached hydrogen (secondary N) is 1. The number of phenolic OH excluding ortho intramolecular Hbond substituents is 1. The summed E-state index contributed by atoms with van der Waals surface area (Å²) in [4.78, 5) is 0.152. The van der Waals surface area contributed by atoms with Crippen LogP contribution in [0.3, 0.4) is 0 Å². The standard InChI is InChI=1S/C14H14BrNO3S/c1-9-7-8-12(10(2)14(9)17)16-20(18,19)13-6-4-3-5-11(13)15/h3-8,16-17H,1-2H3. The molecular weight excluding hydrogens is 342 g/mol. The number of phenols is 1. The largest absolute Gasteiger partial charge is 0.507 e. The molecule has 0 aliphatic carbocycles. The first-order valence-electron chi connectivity index (χ1n) is 5.89. The Bertz CT molecular complexity index is 757. The topological polar surface area (TPSA) is 66.4 Å². The lowest BCUT2D eigenvalue weighted by atomic mass is 10.1. The lowest BCUT2D eigenvalue weighted by molar-refractivity contribution is 0.467. The average molecular weight is 356 g/mol. The van der Waals surface area contributed by atoms with E-state index in [1.807, 2.05) is 0 Å². The monoisotopic (exact) mass is 355 g/mol. The number of halogens is 1. The van der Waals surface area contributed by atoms with Gasteiger partial charge in [0, 0.05) is 10.0 Å². The van der Waals surface area contributed by atoms with Gasteiger partial charge < -0.3 is 5.11 Å². The molecule has 0 saturated heterocycles. The van der Waals surface area contributed by atoms with Crippen LogP contribution in [0.5, 0.6) is 5.75 Å². The Balaban J connectivity index is 2.45. The van der Waals surface area contributed by atoms with Crippen molar-refractivity contribution < 1.29 is 13.5 Å². The lowest BCUT2D eigenvalue weighted by Gasteiger charge is -2.13. The first-order chi connectivity index (χ1) is 9.33. The smallest absolute Gasteiger partial charge is 0.263 e. The Kier molecular flexibility index (Phi) is 4.06. The van der Waals surface area contributed by atoms with E-state index in [9.17, 15) is 13.5 Å². The molecule has 4 nitrogen and oxygen atoms in total. The molecule has 20 heavy (non-hydrogen) atoms. The van der Waals surface area contributed by atoms with Gasteiger partial charge in [0.1, 0.15) is 10.6 Å². The number of aromatic hydroxyl groups is 1. The summed E-state index contributed by atoms with van der Waals surface area (Å²) in [7, 11) is -3.70. The quantitative estimate of drug-likeness (QED) is 0.884. The van der Waals surface area contributed by atoms with Gasteiger partial charge in [0.15, 0.2) is 0 Å². The summed E-state index contributed by atoms with van der Waals surface area (Å²) < 4.78 is 27.7. The second-order valence-corrected chi connectivity index (χ2v) is 6.94. The number of aryl methyl sites for hydroxylation is 1. The van der Waals surface area contributed by atoms with Gasteiger partial charge in [-0.15, -0.1) is 0 Å². The third-order valence-corrected chi connectivity index (χ3v) is 5.38. The highest BCUT2D eigenvalue weighted by Gasteiger charge is 2.19. The average Bonchev–Trinajstić information content (AvgIpc) is 2.40. The van der Waals surface area contributed by atoms with Gasteiger partial charge in [0.2, 0.25) is 0 Å². The van der Waals surface area contributed by atoms with Crippen LogP contribution >= 0.6 is 15.9 Å². The molecule has 2 rings (SSSR count). The fraction of sp³-hybridized carbons (Fsp3) is 0.143. The maximum Gasteiger partial charge on any atom is 0.263 e. The number of hydrogen-bond acceptors (Lipinski definition) is 3. The summed E-state index contributed by atoms with van der Waals surface area (Å²) in [6, 6.07) is 9.87. The molecule has 0 atom stereocenters. The highest BCUT2D eigenvalue weighted by Crippen LogP contribution is 2.30. The van der Waals surface area contributed by atoms with E-state index >= 15 is 0 Å². The molecule has 106 valence electrons. The molecule has 0 heterocycles. The zero-order valence-corrected chi connectivity index (χ0v) is 13.4. The minimum Gasteiger partial charge on any atom is -0.507 e. The first-order valence-corrected chi connectivity index (χ1v) is 8.17. The SMILES string of the molecule is Cc1ccc(NS(=O)(=O)c2ccccc2Br)c(C)c1O. The van der Waals surface area contributed by atoms with Gasteiger partial charge in [0.05, 0.1) is 5.69 Å². The Morgan fingerprint density at radius 1 is 1.10 bits per heavy atom. The second-order valence-electron chi connectivity index (χ2n) is 4.44. The Morgan fingerprint density at radius 3 is 2.40 bits per heavy atom. The van der Waals surface area contributed by atoms with E-state index in [-0.39, 0.29) is 10.6 Å². The van der Waals surface area contributed by atoms with Crippen LogP contribution in [0, 0.1) is 13.8 Å². The van der Waals surface area contributed by atoms with Crippen LogP contribution in [-0.4, -0.2) is 13.5 Å². The summed E-state index contributed by atoms with van der Waals surface area (Å²) >= 11 is 3.22. The van der Waals surface area contributed by atoms with Crippen molar-refractivity contribution in [3.8, 4) is 5.75 Å². The first kappa shape index (κ1) is 14.9. The molecular formula is C14H14BrNO3S. The van der Waals surface area contributed by atoms with Gasteiger partial charge in [-0.05, 0) is 53.5 Å². The summed E-state index contributed by atoms with van der Waals surface area (Å²) in [6.07, 6.45) is 0. The van der Waals surface area contributed by atoms with Crippen molar-refractivity contribution in [1.29, 1.82) is 0 Å². The zero-order valence-electron chi connectivity index (χ0n) is 11.0. The summed E-state index contributed by atoms with van der Waals surface area (Å²) in [5, 5.41) is 9.87. The van der Waals surface area contributed by atoms with Gasteiger partial charge in [0.25, 0.3) is 10.0 Å². The minimum atomic E-state index is -3.70. The molecule has 0 fully saturated rings. The fourth-order valence-corrected chi connectivity index (χ4v) is 3.94. The van der Waals surface area contributed by atoms with E-state index in [0.29, 0.717) is 21.3 Å². The van der Waals surface area contributed by atoms with Crippen LogP contribution in [-0.2, 0) is 10.0 Å². The van der Waals surface area contributed by atoms with E-state index < -0.39 is 10.0 Å².